The van der Waals surface area contributed by atoms with E-state index in [4.69, 9.17) is 9.84 Å². The molecule has 1 atom stereocenters. The molecule has 0 aromatic rings. The van der Waals surface area contributed by atoms with Crippen LogP contribution >= 0.6 is 0 Å². The molecule has 19 heavy (non-hydrogen) atoms. The molecule has 0 spiro atoms. The lowest BCUT2D eigenvalue weighted by Crippen LogP contribution is -2.42. The zero-order valence-corrected chi connectivity index (χ0v) is 11.9. The van der Waals surface area contributed by atoms with E-state index in [1.165, 1.54) is 4.90 Å². The monoisotopic (exact) mass is 271 g/mol. The van der Waals surface area contributed by atoms with Crippen LogP contribution in [-0.4, -0.2) is 47.7 Å². The summed E-state index contributed by atoms with van der Waals surface area (Å²) in [5.41, 5.74) is 0. The largest absolute Gasteiger partial charge is 0.480 e. The van der Waals surface area contributed by atoms with Crippen LogP contribution in [0.3, 0.4) is 0 Å². The number of amides is 1. The van der Waals surface area contributed by atoms with Crippen LogP contribution in [0.1, 0.15) is 46.0 Å². The van der Waals surface area contributed by atoms with Crippen LogP contribution in [0.5, 0.6) is 0 Å². The third kappa shape index (κ3) is 5.59. The Hall–Kier alpha value is -1.10. The number of carboxylic acids is 1. The van der Waals surface area contributed by atoms with E-state index in [0.29, 0.717) is 12.3 Å². The van der Waals surface area contributed by atoms with Gasteiger partial charge in [0.15, 0.2) is 0 Å². The van der Waals surface area contributed by atoms with E-state index in [1.807, 2.05) is 13.8 Å². The molecule has 0 aromatic heterocycles. The molecule has 110 valence electrons. The van der Waals surface area contributed by atoms with Gasteiger partial charge in [-0.25, -0.2) is 0 Å². The molecule has 1 aliphatic rings. The topological polar surface area (TPSA) is 66.8 Å². The molecule has 0 aliphatic carbocycles. The average Bonchev–Trinajstić information content (AvgIpc) is 2.42. The van der Waals surface area contributed by atoms with Crippen molar-refractivity contribution < 1.29 is 19.4 Å². The maximum Gasteiger partial charge on any atom is 0.323 e. The number of nitrogens with zero attached hydrogens (tertiary/aromatic N) is 1. The summed E-state index contributed by atoms with van der Waals surface area (Å²) in [5.74, 6) is -0.440. The van der Waals surface area contributed by atoms with Crippen molar-refractivity contribution >= 4 is 11.9 Å². The molecule has 0 bridgehead atoms. The van der Waals surface area contributed by atoms with Crippen LogP contribution in [0.4, 0.5) is 0 Å². The summed E-state index contributed by atoms with van der Waals surface area (Å²) in [6.45, 7) is 5.23. The average molecular weight is 271 g/mol. The van der Waals surface area contributed by atoms with Gasteiger partial charge in [0.2, 0.25) is 5.91 Å². The fourth-order valence-electron chi connectivity index (χ4n) is 2.36. The van der Waals surface area contributed by atoms with Gasteiger partial charge in [-0.05, 0) is 38.5 Å². The fraction of sp³-hybridized carbons (Fsp3) is 0.857. The number of carbonyl (C=O) groups is 2. The number of ether oxygens (including phenoxy) is 1. The second-order valence-electron chi connectivity index (χ2n) is 5.27. The van der Waals surface area contributed by atoms with Crippen molar-refractivity contribution in [3.63, 3.8) is 0 Å². The van der Waals surface area contributed by atoms with E-state index >= 15 is 0 Å². The van der Waals surface area contributed by atoms with Crippen molar-refractivity contribution in [2.75, 3.05) is 19.8 Å². The highest BCUT2D eigenvalue weighted by Gasteiger charge is 2.23. The van der Waals surface area contributed by atoms with E-state index in [2.05, 4.69) is 0 Å². The molecule has 1 N–H and O–H groups in total. The van der Waals surface area contributed by atoms with Crippen molar-refractivity contribution in [1.82, 2.24) is 4.90 Å². The van der Waals surface area contributed by atoms with Crippen molar-refractivity contribution in [1.29, 1.82) is 0 Å². The molecule has 1 fully saturated rings. The molecule has 1 amide bonds. The summed E-state index contributed by atoms with van der Waals surface area (Å²) >= 11 is 0. The van der Waals surface area contributed by atoms with E-state index in [-0.39, 0.29) is 18.5 Å². The fourth-order valence-corrected chi connectivity index (χ4v) is 2.36. The Balaban J connectivity index is 2.43. The molecule has 5 nitrogen and oxygen atoms in total. The summed E-state index contributed by atoms with van der Waals surface area (Å²) in [6.07, 6.45) is 4.08. The zero-order chi connectivity index (χ0) is 14.3. The molecular weight excluding hydrogens is 246 g/mol. The Kier molecular flexibility index (Phi) is 6.84. The Labute approximate surface area is 114 Å². The van der Waals surface area contributed by atoms with Gasteiger partial charge in [0.25, 0.3) is 0 Å². The Morgan fingerprint density at radius 3 is 2.53 bits per heavy atom. The second kappa shape index (κ2) is 8.15. The summed E-state index contributed by atoms with van der Waals surface area (Å²) in [6, 6.07) is -0.0155. The Morgan fingerprint density at radius 2 is 2.00 bits per heavy atom. The molecule has 0 aromatic carbocycles. The number of hydrogen-bond donors (Lipinski definition) is 1. The van der Waals surface area contributed by atoms with Gasteiger partial charge >= 0.3 is 5.97 Å². The second-order valence-corrected chi connectivity index (χ2v) is 5.27. The first-order chi connectivity index (χ1) is 9.04. The minimum Gasteiger partial charge on any atom is -0.480 e. The minimum absolute atomic E-state index is 0.0155. The standard InChI is InChI=1S/C14H25NO4/c1-3-11(2)15(10-14(17)18)13(16)5-4-12-6-8-19-9-7-12/h11-12H,3-10H2,1-2H3,(H,17,18). The van der Waals surface area contributed by atoms with Crippen LogP contribution in [0.25, 0.3) is 0 Å². The molecule has 1 heterocycles. The number of aliphatic carboxylic acids is 1. The highest BCUT2D eigenvalue weighted by molar-refractivity contribution is 5.81. The van der Waals surface area contributed by atoms with Crippen LogP contribution in [0.2, 0.25) is 0 Å². The normalized spacial score (nSPS) is 18.0. The lowest BCUT2D eigenvalue weighted by molar-refractivity contribution is -0.146. The number of carbonyl (C=O) groups excluding carboxylic acids is 1. The number of rotatable bonds is 7. The molecule has 1 rings (SSSR count). The van der Waals surface area contributed by atoms with Gasteiger partial charge in [-0.3, -0.25) is 9.59 Å². The smallest absolute Gasteiger partial charge is 0.323 e. The summed E-state index contributed by atoms with van der Waals surface area (Å²) in [4.78, 5) is 24.5. The third-order valence-electron chi connectivity index (χ3n) is 3.86. The third-order valence-corrected chi connectivity index (χ3v) is 3.86. The molecule has 5 heteroatoms. The van der Waals surface area contributed by atoms with Gasteiger partial charge in [0.1, 0.15) is 6.54 Å². The first-order valence-corrected chi connectivity index (χ1v) is 7.13. The van der Waals surface area contributed by atoms with Gasteiger partial charge in [-0.1, -0.05) is 6.92 Å². The molecule has 1 saturated heterocycles. The van der Waals surface area contributed by atoms with Crippen molar-refractivity contribution in [3.05, 3.63) is 0 Å². The SMILES string of the molecule is CCC(C)N(CC(=O)O)C(=O)CCC1CCOCC1. The van der Waals surface area contributed by atoms with Crippen LogP contribution in [0, 0.1) is 5.92 Å². The maximum absolute atomic E-state index is 12.2. The van der Waals surface area contributed by atoms with E-state index < -0.39 is 5.97 Å². The highest BCUT2D eigenvalue weighted by Crippen LogP contribution is 2.21. The molecule has 0 saturated carbocycles. The first kappa shape index (κ1) is 16.0. The van der Waals surface area contributed by atoms with E-state index in [0.717, 1.165) is 38.9 Å². The first-order valence-electron chi connectivity index (χ1n) is 7.13. The predicted molar refractivity (Wildman–Crippen MR) is 71.9 cm³/mol. The van der Waals surface area contributed by atoms with E-state index in [1.54, 1.807) is 0 Å². The maximum atomic E-state index is 12.2. The summed E-state index contributed by atoms with van der Waals surface area (Å²) < 4.78 is 5.29. The zero-order valence-electron chi connectivity index (χ0n) is 11.9. The van der Waals surface area contributed by atoms with Crippen LogP contribution < -0.4 is 0 Å². The molecular formula is C14H25NO4. The minimum atomic E-state index is -0.945. The van der Waals surface area contributed by atoms with E-state index in [9.17, 15) is 9.59 Å². The molecule has 1 aliphatic heterocycles. The Morgan fingerprint density at radius 1 is 1.37 bits per heavy atom. The highest BCUT2D eigenvalue weighted by atomic mass is 16.5. The van der Waals surface area contributed by atoms with Crippen molar-refractivity contribution in [2.45, 2.75) is 52.0 Å². The van der Waals surface area contributed by atoms with Gasteiger partial charge in [0.05, 0.1) is 0 Å². The van der Waals surface area contributed by atoms with Gasteiger partial charge in [0, 0.05) is 25.7 Å². The van der Waals surface area contributed by atoms with Gasteiger partial charge in [-0.15, -0.1) is 0 Å². The predicted octanol–water partition coefficient (Wildman–Crippen LogP) is 1.90. The molecule has 1 unspecified atom stereocenters. The lowest BCUT2D eigenvalue weighted by atomic mass is 9.94. The van der Waals surface area contributed by atoms with Crippen molar-refractivity contribution in [3.8, 4) is 0 Å². The molecule has 0 radical (unpaired) electrons. The Bertz CT molecular complexity index is 300. The lowest BCUT2D eigenvalue weighted by Gasteiger charge is -2.28. The van der Waals surface area contributed by atoms with Gasteiger partial charge < -0.3 is 14.7 Å². The van der Waals surface area contributed by atoms with Crippen LogP contribution in [0.15, 0.2) is 0 Å². The quantitative estimate of drug-likeness (QED) is 0.768. The summed E-state index contributed by atoms with van der Waals surface area (Å²) in [5, 5.41) is 8.88. The summed E-state index contributed by atoms with van der Waals surface area (Å²) in [7, 11) is 0. The van der Waals surface area contributed by atoms with Crippen molar-refractivity contribution in [2.24, 2.45) is 5.92 Å². The van der Waals surface area contributed by atoms with Gasteiger partial charge in [-0.2, -0.15) is 0 Å². The van der Waals surface area contributed by atoms with Crippen LogP contribution in [-0.2, 0) is 14.3 Å². The number of hydrogen-bond acceptors (Lipinski definition) is 3. The number of carboxylic acid groups (broad SMARTS) is 1.